The molecule has 2 aromatic rings. The van der Waals surface area contributed by atoms with E-state index < -0.39 is 0 Å². The van der Waals surface area contributed by atoms with E-state index in [1.54, 1.807) is 6.07 Å². The number of likely N-dealkylation sites (tertiary alicyclic amines) is 1. The van der Waals surface area contributed by atoms with Crippen molar-refractivity contribution >= 4 is 5.91 Å². The Morgan fingerprint density at radius 2 is 1.86 bits per heavy atom. The summed E-state index contributed by atoms with van der Waals surface area (Å²) in [5, 5.41) is 17.5. The van der Waals surface area contributed by atoms with Crippen LogP contribution in [0.25, 0.3) is 0 Å². The highest BCUT2D eigenvalue weighted by atomic mass is 16.3. The van der Waals surface area contributed by atoms with E-state index in [4.69, 9.17) is 0 Å². The van der Waals surface area contributed by atoms with Crippen LogP contribution in [-0.2, 0) is 16.8 Å². The first-order valence-corrected chi connectivity index (χ1v) is 14.5. The van der Waals surface area contributed by atoms with Gasteiger partial charge in [-0.1, -0.05) is 68.7 Å². The summed E-state index contributed by atoms with van der Waals surface area (Å²) in [5.74, 6) is 1.63. The quantitative estimate of drug-likeness (QED) is 0.498. The number of aromatic hydroxyl groups is 1. The van der Waals surface area contributed by atoms with E-state index in [1.165, 1.54) is 37.7 Å². The maximum absolute atomic E-state index is 14.6. The smallest absolute Gasteiger partial charge is 0.228 e. The highest BCUT2D eigenvalue weighted by Gasteiger charge is 2.48. The maximum Gasteiger partial charge on any atom is 0.228 e. The molecular weight excluding hydrogens is 458 g/mol. The van der Waals surface area contributed by atoms with Gasteiger partial charge in [0, 0.05) is 36.7 Å². The number of nitrogens with zero attached hydrogens (tertiary/aromatic N) is 1. The van der Waals surface area contributed by atoms with Gasteiger partial charge in [0.25, 0.3) is 0 Å². The summed E-state index contributed by atoms with van der Waals surface area (Å²) >= 11 is 0. The van der Waals surface area contributed by atoms with Crippen LogP contribution in [0.1, 0.15) is 80.9 Å². The van der Waals surface area contributed by atoms with Gasteiger partial charge in [-0.05, 0) is 74.7 Å². The third-order valence-electron chi connectivity index (χ3n) is 9.75. The van der Waals surface area contributed by atoms with Crippen LogP contribution in [0.15, 0.2) is 48.5 Å². The molecule has 2 saturated heterocycles. The lowest BCUT2D eigenvalue weighted by molar-refractivity contribution is -0.144. The lowest BCUT2D eigenvalue weighted by atomic mass is 9.65. The van der Waals surface area contributed by atoms with Crippen LogP contribution < -0.4 is 10.6 Å². The van der Waals surface area contributed by atoms with E-state index in [1.807, 2.05) is 13.1 Å². The fraction of sp³-hybridized carbons (Fsp3) is 0.594. The van der Waals surface area contributed by atoms with Gasteiger partial charge in [0.1, 0.15) is 5.75 Å². The molecule has 1 aliphatic carbocycles. The normalized spacial score (nSPS) is 29.2. The number of phenolic OH excluding ortho intramolecular Hbond substituents is 1. The van der Waals surface area contributed by atoms with Crippen molar-refractivity contribution < 1.29 is 9.90 Å². The van der Waals surface area contributed by atoms with Gasteiger partial charge in [-0.3, -0.25) is 4.79 Å². The number of benzene rings is 2. The number of carbonyl (C=O) groups is 1. The van der Waals surface area contributed by atoms with E-state index in [0.717, 1.165) is 43.5 Å². The molecule has 0 spiro atoms. The van der Waals surface area contributed by atoms with Crippen molar-refractivity contribution in [3.8, 4) is 5.75 Å². The highest BCUT2D eigenvalue weighted by Crippen LogP contribution is 2.45. The number of phenols is 1. The van der Waals surface area contributed by atoms with Gasteiger partial charge in [0.15, 0.2) is 0 Å². The first-order valence-electron chi connectivity index (χ1n) is 14.5. The van der Waals surface area contributed by atoms with Crippen molar-refractivity contribution in [3.05, 3.63) is 65.2 Å². The highest BCUT2D eigenvalue weighted by molar-refractivity contribution is 5.82. The molecule has 3 N–H and O–H groups in total. The molecular formula is C32H45N3O2. The Bertz CT molecular complexity index is 1050. The van der Waals surface area contributed by atoms with Gasteiger partial charge in [-0.2, -0.15) is 0 Å². The van der Waals surface area contributed by atoms with Crippen molar-refractivity contribution in [1.29, 1.82) is 0 Å². The van der Waals surface area contributed by atoms with E-state index in [0.29, 0.717) is 42.6 Å². The average molecular weight is 504 g/mol. The molecule has 200 valence electrons. The third-order valence-corrected chi connectivity index (χ3v) is 9.75. The lowest BCUT2D eigenvalue weighted by Crippen LogP contribution is -2.58. The summed E-state index contributed by atoms with van der Waals surface area (Å²) in [6, 6.07) is 17.1. The third kappa shape index (κ3) is 5.31. The van der Waals surface area contributed by atoms with Crippen molar-refractivity contribution in [2.75, 3.05) is 26.7 Å². The standard InChI is InChI=1S/C32H45N3O2/c1-32(27-14-9-15-30(36)26(27)21-33-2)17-18-34-22-28(32)31(37)35-19-16-25(23-10-5-3-6-11-23)20-29(35)24-12-7-4-8-13-24/h3,5-6,9-11,14-15,24-25,28-29,33-34,36H,4,7-8,12-13,16-22H2,1-2H3. The summed E-state index contributed by atoms with van der Waals surface area (Å²) < 4.78 is 0. The van der Waals surface area contributed by atoms with Crippen molar-refractivity contribution in [3.63, 3.8) is 0 Å². The zero-order valence-corrected chi connectivity index (χ0v) is 22.7. The molecule has 37 heavy (non-hydrogen) atoms. The molecule has 4 unspecified atom stereocenters. The summed E-state index contributed by atoms with van der Waals surface area (Å²) in [5.41, 5.74) is 3.16. The average Bonchev–Trinajstić information content (AvgIpc) is 2.95. The Labute approximate surface area is 223 Å². The summed E-state index contributed by atoms with van der Waals surface area (Å²) in [7, 11) is 1.91. The lowest BCUT2D eigenvalue weighted by Gasteiger charge is -2.49. The van der Waals surface area contributed by atoms with Gasteiger partial charge in [-0.15, -0.1) is 0 Å². The predicted molar refractivity (Wildman–Crippen MR) is 150 cm³/mol. The van der Waals surface area contributed by atoms with Gasteiger partial charge in [-0.25, -0.2) is 0 Å². The van der Waals surface area contributed by atoms with Crippen LogP contribution in [0.3, 0.4) is 0 Å². The molecule has 1 amide bonds. The van der Waals surface area contributed by atoms with Gasteiger partial charge < -0.3 is 20.6 Å². The molecule has 3 fully saturated rings. The fourth-order valence-electron chi connectivity index (χ4n) is 7.61. The maximum atomic E-state index is 14.6. The predicted octanol–water partition coefficient (Wildman–Crippen LogP) is 5.33. The van der Waals surface area contributed by atoms with E-state index >= 15 is 0 Å². The largest absolute Gasteiger partial charge is 0.508 e. The molecule has 3 aliphatic rings. The molecule has 2 aromatic carbocycles. The molecule has 5 heteroatoms. The molecule has 5 rings (SSSR count). The topological polar surface area (TPSA) is 64.6 Å². The second-order valence-electron chi connectivity index (χ2n) is 11.9. The van der Waals surface area contributed by atoms with Gasteiger partial charge >= 0.3 is 0 Å². The number of hydrogen-bond acceptors (Lipinski definition) is 4. The summed E-state index contributed by atoms with van der Waals surface area (Å²) in [4.78, 5) is 16.9. The number of hydrogen-bond donors (Lipinski definition) is 3. The number of carbonyl (C=O) groups excluding carboxylic acids is 1. The monoisotopic (exact) mass is 503 g/mol. The Balaban J connectivity index is 1.46. The number of amides is 1. The number of nitrogens with one attached hydrogen (secondary N) is 2. The molecule has 0 aromatic heterocycles. The first kappa shape index (κ1) is 26.2. The van der Waals surface area contributed by atoms with E-state index in [9.17, 15) is 9.90 Å². The van der Waals surface area contributed by atoms with Crippen molar-refractivity contribution in [2.24, 2.45) is 11.8 Å². The molecule has 1 saturated carbocycles. The van der Waals surface area contributed by atoms with Gasteiger partial charge in [0.2, 0.25) is 5.91 Å². The fourth-order valence-corrected chi connectivity index (χ4v) is 7.61. The van der Waals surface area contributed by atoms with Crippen LogP contribution in [0.2, 0.25) is 0 Å². The second kappa shape index (κ2) is 11.6. The minimum absolute atomic E-state index is 0.141. The SMILES string of the molecule is CNCc1c(O)cccc1C1(C)CCNCC1C(=O)N1CCC(c2ccccc2)CC1C1CCCCC1. The second-order valence-corrected chi connectivity index (χ2v) is 11.9. The minimum atomic E-state index is -0.319. The summed E-state index contributed by atoms with van der Waals surface area (Å²) in [6.45, 7) is 5.28. The Morgan fingerprint density at radius 3 is 2.62 bits per heavy atom. The molecule has 0 bridgehead atoms. The minimum Gasteiger partial charge on any atom is -0.508 e. The first-order chi connectivity index (χ1) is 18.0. The molecule has 2 aliphatic heterocycles. The van der Waals surface area contributed by atoms with Crippen LogP contribution >= 0.6 is 0 Å². The van der Waals surface area contributed by atoms with Crippen LogP contribution in [0.4, 0.5) is 0 Å². The van der Waals surface area contributed by atoms with Gasteiger partial charge in [0.05, 0.1) is 5.92 Å². The van der Waals surface area contributed by atoms with Crippen molar-refractivity contribution in [2.45, 2.75) is 82.2 Å². The van der Waals surface area contributed by atoms with Crippen molar-refractivity contribution in [1.82, 2.24) is 15.5 Å². The Kier molecular flexibility index (Phi) is 8.21. The van der Waals surface area contributed by atoms with Crippen LogP contribution in [-0.4, -0.2) is 48.6 Å². The Morgan fingerprint density at radius 1 is 1.08 bits per heavy atom. The molecule has 2 heterocycles. The Hall–Kier alpha value is -2.37. The number of piperidine rings is 2. The van der Waals surface area contributed by atoms with E-state index in [-0.39, 0.29) is 11.3 Å². The van der Waals surface area contributed by atoms with Crippen LogP contribution in [0, 0.1) is 11.8 Å². The number of rotatable bonds is 6. The van der Waals surface area contributed by atoms with Crippen LogP contribution in [0.5, 0.6) is 5.75 Å². The zero-order valence-electron chi connectivity index (χ0n) is 22.7. The summed E-state index contributed by atoms with van der Waals surface area (Å²) in [6.07, 6.45) is 9.40. The molecule has 5 nitrogen and oxygen atoms in total. The van der Waals surface area contributed by atoms with E-state index in [2.05, 4.69) is 58.9 Å². The zero-order chi connectivity index (χ0) is 25.8. The molecule has 0 radical (unpaired) electrons. The molecule has 4 atom stereocenters.